The highest BCUT2D eigenvalue weighted by atomic mass is 16.6. The largest absolute Gasteiger partial charge is 0.384 e. The molecule has 1 aliphatic carbocycles. The third-order valence-electron chi connectivity index (χ3n) is 3.46. The lowest BCUT2D eigenvalue weighted by Crippen LogP contribution is -2.56. The van der Waals surface area contributed by atoms with Crippen molar-refractivity contribution in [2.75, 3.05) is 0 Å². The molecule has 0 amide bonds. The SMILES string of the molecule is O[C@]12CCC[C@H]1O[C@H]2c1ccccc1. The van der Waals surface area contributed by atoms with E-state index in [0.29, 0.717) is 0 Å². The molecule has 1 saturated heterocycles. The lowest BCUT2D eigenvalue weighted by Gasteiger charge is -2.48. The van der Waals surface area contributed by atoms with Crippen LogP contribution in [0.5, 0.6) is 0 Å². The first-order valence-electron chi connectivity index (χ1n) is 5.23. The molecule has 1 N–H and O–H groups in total. The molecule has 1 heterocycles. The molecular weight excluding hydrogens is 176 g/mol. The summed E-state index contributed by atoms with van der Waals surface area (Å²) >= 11 is 0. The van der Waals surface area contributed by atoms with Crippen molar-refractivity contribution in [2.24, 2.45) is 0 Å². The Morgan fingerprint density at radius 1 is 1.29 bits per heavy atom. The van der Waals surface area contributed by atoms with E-state index in [1.165, 1.54) is 0 Å². The van der Waals surface area contributed by atoms with Crippen LogP contribution >= 0.6 is 0 Å². The molecule has 0 bridgehead atoms. The van der Waals surface area contributed by atoms with Gasteiger partial charge in [0.2, 0.25) is 0 Å². The number of benzene rings is 1. The van der Waals surface area contributed by atoms with Crippen LogP contribution in [-0.4, -0.2) is 16.8 Å². The average molecular weight is 190 g/mol. The number of ether oxygens (including phenoxy) is 1. The van der Waals surface area contributed by atoms with Gasteiger partial charge < -0.3 is 9.84 Å². The predicted molar refractivity (Wildman–Crippen MR) is 52.9 cm³/mol. The maximum Gasteiger partial charge on any atom is 0.121 e. The van der Waals surface area contributed by atoms with Gasteiger partial charge in [-0.25, -0.2) is 0 Å². The van der Waals surface area contributed by atoms with Crippen molar-refractivity contribution in [1.82, 2.24) is 0 Å². The van der Waals surface area contributed by atoms with E-state index in [9.17, 15) is 5.11 Å². The molecule has 0 radical (unpaired) electrons. The van der Waals surface area contributed by atoms with E-state index < -0.39 is 5.60 Å². The van der Waals surface area contributed by atoms with Crippen LogP contribution in [0, 0.1) is 0 Å². The molecule has 2 heteroatoms. The van der Waals surface area contributed by atoms with Crippen molar-refractivity contribution in [3.05, 3.63) is 35.9 Å². The maximum absolute atomic E-state index is 10.3. The van der Waals surface area contributed by atoms with Gasteiger partial charge >= 0.3 is 0 Å². The van der Waals surface area contributed by atoms with Crippen molar-refractivity contribution < 1.29 is 9.84 Å². The molecular formula is C12H14O2. The molecule has 1 aliphatic heterocycles. The fraction of sp³-hybridized carbons (Fsp3) is 0.500. The van der Waals surface area contributed by atoms with Gasteiger partial charge in [0, 0.05) is 0 Å². The highest BCUT2D eigenvalue weighted by Crippen LogP contribution is 2.53. The molecule has 1 aromatic carbocycles. The molecule has 0 spiro atoms. The Kier molecular flexibility index (Phi) is 1.70. The first kappa shape index (κ1) is 8.45. The number of hydrogen-bond acceptors (Lipinski definition) is 2. The summed E-state index contributed by atoms with van der Waals surface area (Å²) in [7, 11) is 0. The molecule has 3 atom stereocenters. The first-order chi connectivity index (χ1) is 6.81. The van der Waals surface area contributed by atoms with Crippen LogP contribution in [0.15, 0.2) is 30.3 Å². The zero-order valence-corrected chi connectivity index (χ0v) is 8.02. The Hall–Kier alpha value is -0.860. The van der Waals surface area contributed by atoms with Gasteiger partial charge in [-0.05, 0) is 24.8 Å². The summed E-state index contributed by atoms with van der Waals surface area (Å²) < 4.78 is 5.70. The van der Waals surface area contributed by atoms with E-state index in [0.717, 1.165) is 24.8 Å². The van der Waals surface area contributed by atoms with Gasteiger partial charge in [-0.2, -0.15) is 0 Å². The van der Waals surface area contributed by atoms with Gasteiger partial charge in [0.05, 0.1) is 6.10 Å². The predicted octanol–water partition coefficient (Wildman–Crippen LogP) is 2.04. The van der Waals surface area contributed by atoms with E-state index in [4.69, 9.17) is 4.74 Å². The van der Waals surface area contributed by atoms with Crippen LogP contribution in [0.2, 0.25) is 0 Å². The summed E-state index contributed by atoms with van der Waals surface area (Å²) in [5, 5.41) is 10.3. The molecule has 2 fully saturated rings. The first-order valence-corrected chi connectivity index (χ1v) is 5.23. The van der Waals surface area contributed by atoms with E-state index in [-0.39, 0.29) is 12.2 Å². The number of aliphatic hydroxyl groups is 1. The van der Waals surface area contributed by atoms with Crippen molar-refractivity contribution in [3.63, 3.8) is 0 Å². The van der Waals surface area contributed by atoms with Gasteiger partial charge in [0.15, 0.2) is 0 Å². The average Bonchev–Trinajstić information content (AvgIpc) is 2.48. The van der Waals surface area contributed by atoms with Crippen LogP contribution < -0.4 is 0 Å². The zero-order chi connectivity index (χ0) is 9.60. The van der Waals surface area contributed by atoms with Crippen LogP contribution in [0.25, 0.3) is 0 Å². The van der Waals surface area contributed by atoms with Gasteiger partial charge in [0.25, 0.3) is 0 Å². The smallest absolute Gasteiger partial charge is 0.121 e. The van der Waals surface area contributed by atoms with Gasteiger partial charge in [-0.1, -0.05) is 30.3 Å². The molecule has 1 saturated carbocycles. The Balaban J connectivity index is 1.89. The number of fused-ring (bicyclic) bond motifs is 1. The van der Waals surface area contributed by atoms with E-state index in [1.54, 1.807) is 0 Å². The molecule has 14 heavy (non-hydrogen) atoms. The summed E-state index contributed by atoms with van der Waals surface area (Å²) in [5.41, 5.74) is 0.537. The summed E-state index contributed by atoms with van der Waals surface area (Å²) in [6.45, 7) is 0. The zero-order valence-electron chi connectivity index (χ0n) is 8.02. The minimum Gasteiger partial charge on any atom is -0.384 e. The van der Waals surface area contributed by atoms with Gasteiger partial charge in [0.1, 0.15) is 11.7 Å². The molecule has 0 aromatic heterocycles. The van der Waals surface area contributed by atoms with E-state index in [1.807, 2.05) is 30.3 Å². The van der Waals surface area contributed by atoms with Crippen molar-refractivity contribution in [1.29, 1.82) is 0 Å². The molecule has 1 aromatic rings. The number of rotatable bonds is 1. The normalized spacial score (nSPS) is 40.4. The Labute approximate surface area is 83.5 Å². The fourth-order valence-electron chi connectivity index (χ4n) is 2.67. The van der Waals surface area contributed by atoms with Crippen LogP contribution in [0.1, 0.15) is 30.9 Å². The minimum absolute atomic E-state index is 0.0869. The third-order valence-corrected chi connectivity index (χ3v) is 3.46. The standard InChI is InChI=1S/C12H14O2/c13-12-8-4-7-10(12)14-11(12)9-5-2-1-3-6-9/h1-3,5-6,10-11,13H,4,7-8H2/t10-,11+,12-/m1/s1. The second-order valence-corrected chi connectivity index (χ2v) is 4.30. The van der Waals surface area contributed by atoms with Gasteiger partial charge in [-0.3, -0.25) is 0 Å². The highest BCUT2D eigenvalue weighted by molar-refractivity contribution is 5.25. The third kappa shape index (κ3) is 0.983. The molecule has 2 aliphatic rings. The van der Waals surface area contributed by atoms with Crippen LogP contribution in [0.4, 0.5) is 0 Å². The van der Waals surface area contributed by atoms with Crippen molar-refractivity contribution in [3.8, 4) is 0 Å². The topological polar surface area (TPSA) is 29.5 Å². The number of hydrogen-bond donors (Lipinski definition) is 1. The van der Waals surface area contributed by atoms with Crippen molar-refractivity contribution in [2.45, 2.75) is 37.1 Å². The monoisotopic (exact) mass is 190 g/mol. The van der Waals surface area contributed by atoms with Gasteiger partial charge in [-0.15, -0.1) is 0 Å². The Bertz CT molecular complexity index is 335. The van der Waals surface area contributed by atoms with Crippen LogP contribution in [-0.2, 0) is 4.74 Å². The van der Waals surface area contributed by atoms with Crippen molar-refractivity contribution >= 4 is 0 Å². The Morgan fingerprint density at radius 2 is 2.07 bits per heavy atom. The van der Waals surface area contributed by atoms with Crippen LogP contribution in [0.3, 0.4) is 0 Å². The summed E-state index contributed by atoms with van der Waals surface area (Å²) in [6.07, 6.45) is 2.99. The molecule has 2 nitrogen and oxygen atoms in total. The van der Waals surface area contributed by atoms with E-state index in [2.05, 4.69) is 0 Å². The lowest BCUT2D eigenvalue weighted by atomic mass is 9.82. The second-order valence-electron chi connectivity index (χ2n) is 4.30. The summed E-state index contributed by atoms with van der Waals surface area (Å²) in [6, 6.07) is 10.0. The quantitative estimate of drug-likeness (QED) is 0.734. The molecule has 74 valence electrons. The maximum atomic E-state index is 10.3. The molecule has 0 unspecified atom stereocenters. The summed E-state index contributed by atoms with van der Waals surface area (Å²) in [4.78, 5) is 0. The highest BCUT2D eigenvalue weighted by Gasteiger charge is 2.58. The minimum atomic E-state index is -0.568. The summed E-state index contributed by atoms with van der Waals surface area (Å²) in [5.74, 6) is 0. The fourth-order valence-corrected chi connectivity index (χ4v) is 2.67. The second kappa shape index (κ2) is 2.81. The Morgan fingerprint density at radius 3 is 2.79 bits per heavy atom. The van der Waals surface area contributed by atoms with E-state index >= 15 is 0 Å². The molecule has 3 rings (SSSR count). The lowest BCUT2D eigenvalue weighted by molar-refractivity contribution is -0.280.